The Hall–Kier alpha value is -2.83. The number of aliphatic hydroxyl groups excluding tert-OH is 1. The quantitative estimate of drug-likeness (QED) is 0.570. The lowest BCUT2D eigenvalue weighted by Crippen LogP contribution is -2.55. The number of rotatable bonds is 6. The second kappa shape index (κ2) is 7.84. The van der Waals surface area contributed by atoms with Gasteiger partial charge in [0.05, 0.1) is 12.8 Å². The van der Waals surface area contributed by atoms with Crippen molar-refractivity contribution in [2.45, 2.75) is 56.1 Å². The largest absolute Gasteiger partial charge is 0.493 e. The number of likely N-dealkylation sites (tertiary alicyclic amines) is 1. The molecule has 4 aliphatic rings. The van der Waals surface area contributed by atoms with E-state index in [2.05, 4.69) is 16.0 Å². The molecule has 2 bridgehead atoms. The van der Waals surface area contributed by atoms with Crippen LogP contribution in [0.3, 0.4) is 0 Å². The number of ether oxygens (including phenoxy) is 2. The van der Waals surface area contributed by atoms with Gasteiger partial charge >= 0.3 is 0 Å². The summed E-state index contributed by atoms with van der Waals surface area (Å²) in [4.78, 5) is 19.9. The number of benzene rings is 2. The molecule has 0 unspecified atom stereocenters. The Morgan fingerprint density at radius 3 is 2.89 bits per heavy atom. The summed E-state index contributed by atoms with van der Waals surface area (Å²) >= 11 is 0. The van der Waals surface area contributed by atoms with Gasteiger partial charge in [-0.15, -0.1) is 0 Å². The maximum Gasteiger partial charge on any atom is 0.193 e. The van der Waals surface area contributed by atoms with Crippen molar-refractivity contribution in [1.29, 1.82) is 0 Å². The predicted octanol–water partition coefficient (Wildman–Crippen LogP) is 3.87. The molecular weight excluding hydrogens is 440 g/mol. The zero-order chi connectivity index (χ0) is 23.7. The summed E-state index contributed by atoms with van der Waals surface area (Å²) in [5, 5.41) is 10.6. The number of hydrogen-bond acceptors (Lipinski definition) is 5. The van der Waals surface area contributed by atoms with Crippen LogP contribution in [0.1, 0.15) is 54.2 Å². The number of pyridine rings is 1. The number of nitrogens with zero attached hydrogens (tertiary/aromatic N) is 1. The fourth-order valence-electron chi connectivity index (χ4n) is 7.14. The molecule has 2 aromatic carbocycles. The monoisotopic (exact) mass is 472 g/mol. The van der Waals surface area contributed by atoms with Crippen LogP contribution in [0, 0.1) is 5.92 Å². The number of aromatic amines is 1. The topological polar surface area (TPSA) is 74.8 Å². The number of fused-ring (bicyclic) bond motifs is 2. The van der Waals surface area contributed by atoms with Gasteiger partial charge < -0.3 is 19.6 Å². The minimum atomic E-state index is -0.308. The molecule has 1 saturated carbocycles. The van der Waals surface area contributed by atoms with E-state index < -0.39 is 0 Å². The number of methoxy groups -OCH3 is 1. The molecule has 6 nitrogen and oxygen atoms in total. The van der Waals surface area contributed by atoms with Crippen molar-refractivity contribution in [3.8, 4) is 11.5 Å². The van der Waals surface area contributed by atoms with E-state index in [1.165, 1.54) is 30.5 Å². The molecule has 182 valence electrons. The number of nitrogens with one attached hydrogen (secondary N) is 1. The van der Waals surface area contributed by atoms with Gasteiger partial charge in [0.15, 0.2) is 16.9 Å². The molecule has 1 spiro atoms. The average Bonchev–Trinajstić information content (AvgIpc) is 3.64. The molecule has 3 heterocycles. The number of para-hydroxylation sites is 1. The first kappa shape index (κ1) is 21.5. The van der Waals surface area contributed by atoms with E-state index in [9.17, 15) is 9.90 Å². The molecular formula is C29H32N2O4. The van der Waals surface area contributed by atoms with Crippen molar-refractivity contribution >= 4 is 10.9 Å². The Morgan fingerprint density at radius 2 is 2.09 bits per heavy atom. The lowest BCUT2D eigenvalue weighted by Gasteiger charge is -2.50. The highest BCUT2D eigenvalue weighted by molar-refractivity contribution is 5.79. The first-order valence-corrected chi connectivity index (χ1v) is 13.0. The molecule has 2 aliphatic heterocycles. The van der Waals surface area contributed by atoms with E-state index in [0.717, 1.165) is 54.4 Å². The molecule has 2 N–H and O–H groups in total. The van der Waals surface area contributed by atoms with E-state index in [4.69, 9.17) is 9.47 Å². The van der Waals surface area contributed by atoms with Gasteiger partial charge in [0.1, 0.15) is 6.10 Å². The fourth-order valence-corrected chi connectivity index (χ4v) is 7.14. The van der Waals surface area contributed by atoms with Gasteiger partial charge in [0.25, 0.3) is 0 Å². The van der Waals surface area contributed by atoms with Crippen LogP contribution in [0.2, 0.25) is 0 Å². The van der Waals surface area contributed by atoms with Crippen molar-refractivity contribution in [2.75, 3.05) is 26.8 Å². The van der Waals surface area contributed by atoms with Crippen LogP contribution in [-0.2, 0) is 18.3 Å². The van der Waals surface area contributed by atoms with Crippen molar-refractivity contribution in [1.82, 2.24) is 9.88 Å². The van der Waals surface area contributed by atoms with Gasteiger partial charge in [-0.2, -0.15) is 0 Å². The molecule has 0 amide bonds. The summed E-state index contributed by atoms with van der Waals surface area (Å²) in [7, 11) is 1.69. The molecule has 1 saturated heterocycles. The second-order valence-electron chi connectivity index (χ2n) is 10.9. The average molecular weight is 473 g/mol. The Kier molecular flexibility index (Phi) is 4.80. The van der Waals surface area contributed by atoms with Crippen molar-refractivity contribution in [3.63, 3.8) is 0 Å². The third-order valence-corrected chi connectivity index (χ3v) is 8.93. The van der Waals surface area contributed by atoms with Crippen molar-refractivity contribution < 1.29 is 14.6 Å². The SMILES string of the molecule is COc1ccc2c3c1O[C@@H](c1[nH]c4ccccc4c(=O)c1CCO)[C@]31CCN(CC3CC3)[C@H](C2)C1. The van der Waals surface area contributed by atoms with Gasteiger partial charge in [-0.25, -0.2) is 0 Å². The number of H-pyrrole nitrogens is 1. The van der Waals surface area contributed by atoms with Crippen LogP contribution in [0.25, 0.3) is 10.9 Å². The zero-order valence-corrected chi connectivity index (χ0v) is 20.2. The standard InChI is InChI=1S/C29H32N2O4/c1-34-23-9-8-18-14-19-15-29(11-12-31(19)16-17-6-7-17)24(18)27(23)35-28(29)25-21(10-13-32)26(33)20-4-2-3-5-22(20)30-25/h2-5,8-9,17,19,28,32H,6-7,10-16H2,1H3,(H,30,33)/t19-,28+,29+/m1/s1. The summed E-state index contributed by atoms with van der Waals surface area (Å²) in [6.45, 7) is 2.17. The van der Waals surface area contributed by atoms with Crippen LogP contribution in [0.5, 0.6) is 11.5 Å². The Morgan fingerprint density at radius 1 is 1.23 bits per heavy atom. The van der Waals surface area contributed by atoms with Crippen LogP contribution >= 0.6 is 0 Å². The van der Waals surface area contributed by atoms with E-state index in [0.29, 0.717) is 23.4 Å². The minimum absolute atomic E-state index is 0.00919. The second-order valence-corrected chi connectivity index (χ2v) is 10.9. The normalized spacial score (nSPS) is 27.0. The summed E-state index contributed by atoms with van der Waals surface area (Å²) in [5.74, 6) is 2.46. The Balaban J connectivity index is 1.42. The third kappa shape index (κ3) is 3.12. The minimum Gasteiger partial charge on any atom is -0.493 e. The Labute approximate surface area is 204 Å². The van der Waals surface area contributed by atoms with Gasteiger partial charge in [-0.3, -0.25) is 9.69 Å². The van der Waals surface area contributed by atoms with Crippen LogP contribution in [0.15, 0.2) is 41.2 Å². The zero-order valence-electron chi connectivity index (χ0n) is 20.2. The smallest absolute Gasteiger partial charge is 0.193 e. The van der Waals surface area contributed by atoms with Crippen LogP contribution < -0.4 is 14.9 Å². The third-order valence-electron chi connectivity index (χ3n) is 8.93. The summed E-state index contributed by atoms with van der Waals surface area (Å²) in [6.07, 6.45) is 5.77. The number of aromatic nitrogens is 1. The fraction of sp³-hybridized carbons (Fsp3) is 0.483. The highest BCUT2D eigenvalue weighted by Gasteiger charge is 2.58. The summed E-state index contributed by atoms with van der Waals surface area (Å²) < 4.78 is 12.6. The molecule has 0 radical (unpaired) electrons. The van der Waals surface area contributed by atoms with Gasteiger partial charge in [0, 0.05) is 53.1 Å². The highest BCUT2D eigenvalue weighted by Crippen LogP contribution is 2.62. The summed E-state index contributed by atoms with van der Waals surface area (Å²) in [5.41, 5.74) is 4.70. The number of hydrogen-bond donors (Lipinski definition) is 2. The van der Waals surface area contributed by atoms with Gasteiger partial charge in [-0.05, 0) is 68.3 Å². The first-order chi connectivity index (χ1) is 17.1. The van der Waals surface area contributed by atoms with Gasteiger partial charge in [0.2, 0.25) is 0 Å². The van der Waals surface area contributed by atoms with E-state index in [-0.39, 0.29) is 23.6 Å². The lowest BCUT2D eigenvalue weighted by atomic mass is 9.61. The molecule has 7 rings (SSSR count). The molecule has 6 heteroatoms. The number of piperidine rings is 1. The maximum absolute atomic E-state index is 13.6. The van der Waals surface area contributed by atoms with Crippen molar-refractivity contribution in [3.05, 3.63) is 69.0 Å². The molecule has 35 heavy (non-hydrogen) atoms. The summed E-state index contributed by atoms with van der Waals surface area (Å²) in [6, 6.07) is 12.4. The molecule has 2 aliphatic carbocycles. The Bertz CT molecular complexity index is 1380. The molecule has 3 aromatic rings. The lowest BCUT2D eigenvalue weighted by molar-refractivity contribution is 0.0267. The molecule has 3 atom stereocenters. The van der Waals surface area contributed by atoms with Gasteiger partial charge in [-0.1, -0.05) is 18.2 Å². The van der Waals surface area contributed by atoms with E-state index in [1.807, 2.05) is 30.3 Å². The highest BCUT2D eigenvalue weighted by atomic mass is 16.5. The molecule has 1 aromatic heterocycles. The molecule has 2 fully saturated rings. The first-order valence-electron chi connectivity index (χ1n) is 13.0. The van der Waals surface area contributed by atoms with Crippen LogP contribution in [0.4, 0.5) is 0 Å². The van der Waals surface area contributed by atoms with Crippen molar-refractivity contribution in [2.24, 2.45) is 5.92 Å². The van der Waals surface area contributed by atoms with E-state index in [1.54, 1.807) is 7.11 Å². The maximum atomic E-state index is 13.6. The predicted molar refractivity (Wildman–Crippen MR) is 134 cm³/mol. The van der Waals surface area contributed by atoms with Crippen LogP contribution in [-0.4, -0.2) is 47.8 Å². The van der Waals surface area contributed by atoms with E-state index >= 15 is 0 Å². The number of aliphatic hydroxyl groups is 1.